The number of hydrogen-bond donors (Lipinski definition) is 1. The van der Waals surface area contributed by atoms with Crippen LogP contribution in [0.3, 0.4) is 0 Å². The summed E-state index contributed by atoms with van der Waals surface area (Å²) >= 11 is 1.61. The van der Waals surface area contributed by atoms with Crippen molar-refractivity contribution in [3.63, 3.8) is 0 Å². The van der Waals surface area contributed by atoms with Crippen LogP contribution in [-0.2, 0) is 7.05 Å². The number of thiazole rings is 1. The minimum atomic E-state index is -0.0910. The average Bonchev–Trinajstić information content (AvgIpc) is 3.31. The Labute approximate surface area is 168 Å². The standard InChI is InChI=1S/C20H24N6OS/c1-14-22-17(13-28-14)15-6-4-5-7-16(15)23-20(27)26-11-10-24(2)18(12-26)19-21-8-9-25(19)3/h4-9,13,18H,10-12H2,1-3H3,(H,23,27). The van der Waals surface area contributed by atoms with E-state index in [0.717, 1.165) is 34.3 Å². The first-order valence-electron chi connectivity index (χ1n) is 9.28. The van der Waals surface area contributed by atoms with Gasteiger partial charge in [-0.1, -0.05) is 18.2 Å². The number of nitrogens with zero attached hydrogens (tertiary/aromatic N) is 5. The fourth-order valence-corrected chi connectivity index (χ4v) is 4.14. The number of likely N-dealkylation sites (N-methyl/N-ethyl adjacent to an activating group) is 1. The van der Waals surface area contributed by atoms with Gasteiger partial charge in [0.1, 0.15) is 5.82 Å². The van der Waals surface area contributed by atoms with Crippen LogP contribution in [0.4, 0.5) is 10.5 Å². The predicted octanol–water partition coefficient (Wildman–Crippen LogP) is 3.37. The molecule has 1 aromatic carbocycles. The molecular weight excluding hydrogens is 372 g/mol. The van der Waals surface area contributed by atoms with Gasteiger partial charge in [0.05, 0.1) is 22.4 Å². The van der Waals surface area contributed by atoms with Crippen LogP contribution in [0.2, 0.25) is 0 Å². The molecule has 1 atom stereocenters. The van der Waals surface area contributed by atoms with E-state index in [0.29, 0.717) is 13.1 Å². The van der Waals surface area contributed by atoms with Crippen molar-refractivity contribution < 1.29 is 4.79 Å². The molecule has 3 aromatic rings. The quantitative estimate of drug-likeness (QED) is 0.737. The van der Waals surface area contributed by atoms with Crippen molar-refractivity contribution >= 4 is 23.1 Å². The smallest absolute Gasteiger partial charge is 0.321 e. The third-order valence-electron chi connectivity index (χ3n) is 5.16. The molecule has 4 rings (SSSR count). The van der Waals surface area contributed by atoms with Crippen LogP contribution in [0.25, 0.3) is 11.3 Å². The number of imidazole rings is 1. The summed E-state index contributed by atoms with van der Waals surface area (Å²) in [6.07, 6.45) is 3.74. The van der Waals surface area contributed by atoms with Gasteiger partial charge in [-0.05, 0) is 20.0 Å². The van der Waals surface area contributed by atoms with Crippen molar-refractivity contribution in [3.05, 3.63) is 52.9 Å². The second-order valence-corrected chi connectivity index (χ2v) is 8.13. The SMILES string of the molecule is Cc1nc(-c2ccccc2NC(=O)N2CCN(C)C(c3nccn3C)C2)cs1. The van der Waals surface area contributed by atoms with Crippen molar-refractivity contribution in [2.24, 2.45) is 7.05 Å². The van der Waals surface area contributed by atoms with E-state index in [1.807, 2.05) is 59.3 Å². The topological polar surface area (TPSA) is 66.3 Å². The van der Waals surface area contributed by atoms with Gasteiger partial charge in [-0.15, -0.1) is 11.3 Å². The zero-order valence-electron chi connectivity index (χ0n) is 16.3. The molecule has 7 nitrogen and oxygen atoms in total. The molecule has 146 valence electrons. The van der Waals surface area contributed by atoms with Crippen molar-refractivity contribution in [3.8, 4) is 11.3 Å². The minimum absolute atomic E-state index is 0.0796. The summed E-state index contributed by atoms with van der Waals surface area (Å²) in [4.78, 5) is 26.2. The predicted molar refractivity (Wildman–Crippen MR) is 111 cm³/mol. The fraction of sp³-hybridized carbons (Fsp3) is 0.350. The van der Waals surface area contributed by atoms with Crippen LogP contribution in [0, 0.1) is 6.92 Å². The zero-order chi connectivity index (χ0) is 19.7. The third kappa shape index (κ3) is 3.65. The monoisotopic (exact) mass is 396 g/mol. The second-order valence-electron chi connectivity index (χ2n) is 7.07. The first-order valence-corrected chi connectivity index (χ1v) is 10.2. The van der Waals surface area contributed by atoms with Gasteiger partial charge in [-0.3, -0.25) is 4.90 Å². The molecule has 0 radical (unpaired) electrons. The summed E-state index contributed by atoms with van der Waals surface area (Å²) < 4.78 is 2.02. The normalized spacial score (nSPS) is 17.7. The maximum atomic E-state index is 13.0. The minimum Gasteiger partial charge on any atom is -0.337 e. The molecular formula is C20H24N6OS. The van der Waals surface area contributed by atoms with Crippen LogP contribution < -0.4 is 5.32 Å². The number of anilines is 1. The summed E-state index contributed by atoms with van der Waals surface area (Å²) in [5.74, 6) is 0.971. The highest BCUT2D eigenvalue weighted by Gasteiger charge is 2.31. The van der Waals surface area contributed by atoms with Crippen LogP contribution in [-0.4, -0.2) is 57.0 Å². The number of para-hydroxylation sites is 1. The van der Waals surface area contributed by atoms with Gasteiger partial charge in [0.15, 0.2) is 0 Å². The van der Waals surface area contributed by atoms with Crippen LogP contribution in [0.15, 0.2) is 42.0 Å². The van der Waals surface area contributed by atoms with Gasteiger partial charge < -0.3 is 14.8 Å². The summed E-state index contributed by atoms with van der Waals surface area (Å²) in [6.45, 7) is 4.07. The summed E-state index contributed by atoms with van der Waals surface area (Å²) in [7, 11) is 4.07. The highest BCUT2D eigenvalue weighted by Crippen LogP contribution is 2.29. The maximum absolute atomic E-state index is 13.0. The van der Waals surface area contributed by atoms with Gasteiger partial charge in [0.25, 0.3) is 0 Å². The van der Waals surface area contributed by atoms with E-state index in [-0.39, 0.29) is 12.1 Å². The number of aryl methyl sites for hydroxylation is 2. The van der Waals surface area contributed by atoms with Gasteiger partial charge in [0, 0.05) is 50.0 Å². The first-order chi connectivity index (χ1) is 13.5. The lowest BCUT2D eigenvalue weighted by atomic mass is 10.1. The number of nitrogens with one attached hydrogen (secondary N) is 1. The second kappa shape index (κ2) is 7.73. The molecule has 1 saturated heterocycles. The number of piperazine rings is 1. The Bertz CT molecular complexity index is 980. The van der Waals surface area contributed by atoms with Crippen molar-refractivity contribution in [1.29, 1.82) is 0 Å². The van der Waals surface area contributed by atoms with Gasteiger partial charge in [0.2, 0.25) is 0 Å². The molecule has 28 heavy (non-hydrogen) atoms. The Kier molecular flexibility index (Phi) is 5.15. The summed E-state index contributed by atoms with van der Waals surface area (Å²) in [5.41, 5.74) is 2.61. The molecule has 1 aliphatic rings. The molecule has 1 N–H and O–H groups in total. The number of carbonyl (C=O) groups is 1. The van der Waals surface area contributed by atoms with E-state index >= 15 is 0 Å². The van der Waals surface area contributed by atoms with Crippen LogP contribution >= 0.6 is 11.3 Å². The van der Waals surface area contributed by atoms with Gasteiger partial charge >= 0.3 is 6.03 Å². The average molecular weight is 397 g/mol. The number of urea groups is 1. The number of benzene rings is 1. The van der Waals surface area contributed by atoms with Crippen LogP contribution in [0.1, 0.15) is 16.9 Å². The zero-order valence-corrected chi connectivity index (χ0v) is 17.1. The molecule has 1 aliphatic heterocycles. The molecule has 3 heterocycles. The molecule has 2 aromatic heterocycles. The summed E-state index contributed by atoms with van der Waals surface area (Å²) in [6, 6.07) is 7.80. The van der Waals surface area contributed by atoms with Crippen molar-refractivity contribution in [2.45, 2.75) is 13.0 Å². The largest absolute Gasteiger partial charge is 0.337 e. The fourth-order valence-electron chi connectivity index (χ4n) is 3.53. The number of hydrogen-bond acceptors (Lipinski definition) is 5. The van der Waals surface area contributed by atoms with Crippen molar-refractivity contribution in [1.82, 2.24) is 24.3 Å². The van der Waals surface area contributed by atoms with Crippen molar-refractivity contribution in [2.75, 3.05) is 32.0 Å². The van der Waals surface area contributed by atoms with Crippen LogP contribution in [0.5, 0.6) is 0 Å². The molecule has 0 spiro atoms. The first kappa shape index (κ1) is 18.6. The molecule has 1 fully saturated rings. The molecule has 1 unspecified atom stereocenters. The van der Waals surface area contributed by atoms with E-state index in [4.69, 9.17) is 0 Å². The Balaban J connectivity index is 1.52. The molecule has 0 saturated carbocycles. The van der Waals surface area contributed by atoms with E-state index in [9.17, 15) is 4.79 Å². The third-order valence-corrected chi connectivity index (χ3v) is 5.93. The van der Waals surface area contributed by atoms with E-state index in [2.05, 4.69) is 27.2 Å². The van der Waals surface area contributed by atoms with E-state index in [1.165, 1.54) is 0 Å². The van der Waals surface area contributed by atoms with Gasteiger partial charge in [-0.2, -0.15) is 0 Å². The van der Waals surface area contributed by atoms with E-state index < -0.39 is 0 Å². The maximum Gasteiger partial charge on any atom is 0.321 e. The Morgan fingerprint density at radius 2 is 2.07 bits per heavy atom. The lowest BCUT2D eigenvalue weighted by Gasteiger charge is -2.39. The number of amides is 2. The number of aromatic nitrogens is 3. The number of carbonyl (C=O) groups excluding carboxylic acids is 1. The Morgan fingerprint density at radius 1 is 1.25 bits per heavy atom. The lowest BCUT2D eigenvalue weighted by Crippen LogP contribution is -2.50. The van der Waals surface area contributed by atoms with Gasteiger partial charge in [-0.25, -0.2) is 14.8 Å². The summed E-state index contributed by atoms with van der Waals surface area (Å²) in [5, 5.41) is 6.12. The lowest BCUT2D eigenvalue weighted by molar-refractivity contribution is 0.110. The van der Waals surface area contributed by atoms with E-state index in [1.54, 1.807) is 17.5 Å². The number of rotatable bonds is 3. The molecule has 2 amide bonds. The Morgan fingerprint density at radius 3 is 2.79 bits per heavy atom. The Hall–Kier alpha value is -2.71. The highest BCUT2D eigenvalue weighted by atomic mass is 32.1. The highest BCUT2D eigenvalue weighted by molar-refractivity contribution is 7.09. The molecule has 0 aliphatic carbocycles. The molecule has 0 bridgehead atoms. The molecule has 8 heteroatoms.